The first-order valence-corrected chi connectivity index (χ1v) is 7.69. The predicted molar refractivity (Wildman–Crippen MR) is 87.5 cm³/mol. The van der Waals surface area contributed by atoms with Crippen LogP contribution in [0.15, 0.2) is 12.1 Å². The first kappa shape index (κ1) is 18.5. The molecule has 1 aromatic carbocycles. The molecule has 22 heavy (non-hydrogen) atoms. The lowest BCUT2D eigenvalue weighted by Gasteiger charge is -2.20. The second kappa shape index (κ2) is 10.3. The van der Waals surface area contributed by atoms with Crippen LogP contribution in [0.25, 0.3) is 0 Å². The topological polar surface area (TPSA) is 88.2 Å². The smallest absolute Gasteiger partial charge is 0.164 e. The number of rotatable bonds is 11. The molecule has 6 nitrogen and oxygen atoms in total. The second-order valence-electron chi connectivity index (χ2n) is 5.04. The Morgan fingerprint density at radius 1 is 1.14 bits per heavy atom. The van der Waals surface area contributed by atoms with Gasteiger partial charge in [0.1, 0.15) is 0 Å². The highest BCUT2D eigenvalue weighted by atomic mass is 16.5. The van der Waals surface area contributed by atoms with Crippen molar-refractivity contribution >= 4 is 5.69 Å². The number of hydrogen-bond donors (Lipinski definition) is 3. The third-order valence-electron chi connectivity index (χ3n) is 3.42. The predicted octanol–water partition coefficient (Wildman–Crippen LogP) is 0.895. The van der Waals surface area contributed by atoms with Crippen molar-refractivity contribution in [2.24, 2.45) is 0 Å². The van der Waals surface area contributed by atoms with E-state index in [2.05, 4.69) is 0 Å². The van der Waals surface area contributed by atoms with Gasteiger partial charge in [-0.15, -0.1) is 0 Å². The number of methoxy groups -OCH3 is 1. The third kappa shape index (κ3) is 5.71. The van der Waals surface area contributed by atoms with E-state index in [1.54, 1.807) is 13.2 Å². The summed E-state index contributed by atoms with van der Waals surface area (Å²) in [7, 11) is 1.60. The summed E-state index contributed by atoms with van der Waals surface area (Å²) in [5.74, 6) is 1.40. The van der Waals surface area contributed by atoms with Gasteiger partial charge in [0.25, 0.3) is 0 Å². The van der Waals surface area contributed by atoms with E-state index in [1.165, 1.54) is 0 Å². The molecule has 6 heteroatoms. The van der Waals surface area contributed by atoms with Crippen molar-refractivity contribution in [2.75, 3.05) is 52.3 Å². The van der Waals surface area contributed by atoms with Crippen LogP contribution in [0.5, 0.6) is 11.5 Å². The van der Waals surface area contributed by atoms with Crippen LogP contribution in [0.4, 0.5) is 5.69 Å². The zero-order valence-corrected chi connectivity index (χ0v) is 13.5. The average molecular weight is 312 g/mol. The van der Waals surface area contributed by atoms with Gasteiger partial charge >= 0.3 is 0 Å². The molecule has 0 aliphatic heterocycles. The van der Waals surface area contributed by atoms with Crippen LogP contribution < -0.4 is 15.2 Å². The van der Waals surface area contributed by atoms with Crippen molar-refractivity contribution in [2.45, 2.75) is 19.8 Å². The molecule has 0 aliphatic carbocycles. The molecule has 0 aliphatic rings. The van der Waals surface area contributed by atoms with E-state index in [0.717, 1.165) is 30.7 Å². The minimum Gasteiger partial charge on any atom is -0.493 e. The quantitative estimate of drug-likeness (QED) is 0.526. The maximum Gasteiger partial charge on any atom is 0.164 e. The molecular formula is C16H28N2O4. The molecule has 1 rings (SSSR count). The number of nitrogens with two attached hydrogens (primary N) is 1. The third-order valence-corrected chi connectivity index (χ3v) is 3.42. The lowest BCUT2D eigenvalue weighted by Crippen LogP contribution is -2.31. The van der Waals surface area contributed by atoms with Crippen LogP contribution in [-0.2, 0) is 6.42 Å². The molecule has 0 bridgehead atoms. The van der Waals surface area contributed by atoms with Crippen molar-refractivity contribution in [3.8, 4) is 11.5 Å². The number of aliphatic hydroxyl groups excluding tert-OH is 2. The lowest BCUT2D eigenvalue weighted by atomic mass is 10.1. The van der Waals surface area contributed by atoms with Crippen LogP contribution in [0.1, 0.15) is 18.9 Å². The molecule has 126 valence electrons. The summed E-state index contributed by atoms with van der Waals surface area (Å²) < 4.78 is 11.0. The fraction of sp³-hybridized carbons (Fsp3) is 0.625. The van der Waals surface area contributed by atoms with Gasteiger partial charge in [0, 0.05) is 30.4 Å². The Bertz CT molecular complexity index is 434. The van der Waals surface area contributed by atoms with Gasteiger partial charge in [-0.2, -0.15) is 0 Å². The monoisotopic (exact) mass is 312 g/mol. The summed E-state index contributed by atoms with van der Waals surface area (Å²) in [5.41, 5.74) is 7.59. The summed E-state index contributed by atoms with van der Waals surface area (Å²) in [6.45, 7) is 4.62. The molecule has 0 heterocycles. The van der Waals surface area contributed by atoms with Gasteiger partial charge in [0.2, 0.25) is 0 Å². The van der Waals surface area contributed by atoms with Crippen molar-refractivity contribution in [1.29, 1.82) is 0 Å². The van der Waals surface area contributed by atoms with E-state index >= 15 is 0 Å². The van der Waals surface area contributed by atoms with E-state index in [9.17, 15) is 0 Å². The first-order valence-electron chi connectivity index (χ1n) is 7.69. The minimum absolute atomic E-state index is 0.0936. The van der Waals surface area contributed by atoms with E-state index in [1.807, 2.05) is 17.9 Å². The minimum atomic E-state index is 0.0936. The van der Waals surface area contributed by atoms with Crippen LogP contribution in [-0.4, -0.2) is 61.7 Å². The largest absolute Gasteiger partial charge is 0.493 e. The maximum atomic E-state index is 9.02. The van der Waals surface area contributed by atoms with Gasteiger partial charge in [-0.1, -0.05) is 0 Å². The van der Waals surface area contributed by atoms with Crippen LogP contribution >= 0.6 is 0 Å². The second-order valence-corrected chi connectivity index (χ2v) is 5.04. The molecule has 0 amide bonds. The van der Waals surface area contributed by atoms with E-state index in [0.29, 0.717) is 31.1 Å². The number of aliphatic hydroxyl groups is 2. The van der Waals surface area contributed by atoms with E-state index in [4.69, 9.17) is 25.4 Å². The molecule has 0 radical (unpaired) electrons. The number of nitrogens with zero attached hydrogens (tertiary/aromatic N) is 1. The summed E-state index contributed by atoms with van der Waals surface area (Å²) in [4.78, 5) is 2.03. The SMILES string of the molecule is CCOc1c(CCCN(CCO)CCO)cc(N)cc1OC. The van der Waals surface area contributed by atoms with Crippen molar-refractivity contribution < 1.29 is 19.7 Å². The lowest BCUT2D eigenvalue weighted by molar-refractivity contribution is 0.160. The Balaban J connectivity index is 2.73. The fourth-order valence-corrected chi connectivity index (χ4v) is 2.44. The average Bonchev–Trinajstić information content (AvgIpc) is 2.50. The van der Waals surface area contributed by atoms with Crippen molar-refractivity contribution in [3.05, 3.63) is 17.7 Å². The summed E-state index contributed by atoms with van der Waals surface area (Å²) in [6, 6.07) is 3.67. The Kier molecular flexibility index (Phi) is 8.65. The molecule has 1 aromatic rings. The Labute approximate surface area is 132 Å². The Hall–Kier alpha value is -1.50. The zero-order chi connectivity index (χ0) is 16.4. The van der Waals surface area contributed by atoms with Crippen LogP contribution in [0, 0.1) is 0 Å². The number of ether oxygens (including phenoxy) is 2. The standard InChI is InChI=1S/C16H28N2O4/c1-3-22-16-13(11-14(17)12-15(16)21-2)5-4-6-18(7-9-19)8-10-20/h11-12,19-20H,3-10,17H2,1-2H3. The van der Waals surface area contributed by atoms with E-state index < -0.39 is 0 Å². The summed E-state index contributed by atoms with van der Waals surface area (Å²) >= 11 is 0. The zero-order valence-electron chi connectivity index (χ0n) is 13.5. The highest BCUT2D eigenvalue weighted by Gasteiger charge is 2.13. The number of hydrogen-bond acceptors (Lipinski definition) is 6. The molecule has 0 spiro atoms. The van der Waals surface area contributed by atoms with Gasteiger partial charge < -0.3 is 25.4 Å². The number of aryl methyl sites for hydroxylation is 1. The molecule has 0 aromatic heterocycles. The molecular weight excluding hydrogens is 284 g/mol. The van der Waals surface area contributed by atoms with E-state index in [-0.39, 0.29) is 13.2 Å². The first-order chi connectivity index (χ1) is 10.7. The number of anilines is 1. The van der Waals surface area contributed by atoms with Crippen molar-refractivity contribution in [1.82, 2.24) is 4.90 Å². The van der Waals surface area contributed by atoms with Crippen LogP contribution in [0.3, 0.4) is 0 Å². The summed E-state index contributed by atoms with van der Waals surface area (Å²) in [5, 5.41) is 18.0. The van der Waals surface area contributed by atoms with Gasteiger partial charge in [-0.3, -0.25) is 4.90 Å². The molecule has 0 saturated heterocycles. The molecule has 0 atom stereocenters. The fourth-order valence-electron chi connectivity index (χ4n) is 2.44. The molecule has 0 unspecified atom stereocenters. The highest BCUT2D eigenvalue weighted by Crippen LogP contribution is 2.34. The van der Waals surface area contributed by atoms with Gasteiger partial charge in [0.05, 0.1) is 26.9 Å². The van der Waals surface area contributed by atoms with Gasteiger partial charge in [-0.25, -0.2) is 0 Å². The summed E-state index contributed by atoms with van der Waals surface area (Å²) in [6.07, 6.45) is 1.68. The highest BCUT2D eigenvalue weighted by molar-refractivity contribution is 5.57. The molecule has 0 saturated carbocycles. The number of nitrogen functional groups attached to an aromatic ring is 1. The Morgan fingerprint density at radius 3 is 2.36 bits per heavy atom. The van der Waals surface area contributed by atoms with Gasteiger partial charge in [0.15, 0.2) is 11.5 Å². The maximum absolute atomic E-state index is 9.02. The number of benzene rings is 1. The molecule has 4 N–H and O–H groups in total. The van der Waals surface area contributed by atoms with Crippen LogP contribution in [0.2, 0.25) is 0 Å². The van der Waals surface area contributed by atoms with Crippen molar-refractivity contribution in [3.63, 3.8) is 0 Å². The Morgan fingerprint density at radius 2 is 1.82 bits per heavy atom. The molecule has 0 fully saturated rings. The normalized spacial score (nSPS) is 11.0. The van der Waals surface area contributed by atoms with Gasteiger partial charge in [-0.05, 0) is 32.4 Å².